The molecule has 0 amide bonds. The number of aliphatic carboxylic acids is 1. The number of rotatable bonds is 1. The normalized spacial score (nSPS) is 34.6. The van der Waals surface area contributed by atoms with Crippen molar-refractivity contribution in [1.82, 2.24) is 4.42 Å². The van der Waals surface area contributed by atoms with Crippen molar-refractivity contribution in [2.24, 2.45) is 11.8 Å². The van der Waals surface area contributed by atoms with Crippen molar-refractivity contribution >= 4 is 17.7 Å². The van der Waals surface area contributed by atoms with Crippen molar-refractivity contribution < 1.29 is 9.90 Å². The Labute approximate surface area is 64.7 Å². The van der Waals surface area contributed by atoms with Crippen LogP contribution in [0.15, 0.2) is 0 Å². The maximum Gasteiger partial charge on any atom is 0.308 e. The van der Waals surface area contributed by atoms with E-state index in [9.17, 15) is 4.79 Å². The van der Waals surface area contributed by atoms with E-state index >= 15 is 0 Å². The fourth-order valence-electron chi connectivity index (χ4n) is 1.23. The van der Waals surface area contributed by atoms with Gasteiger partial charge in [-0.3, -0.25) is 4.79 Å². The lowest BCUT2D eigenvalue weighted by Gasteiger charge is -2.05. The van der Waals surface area contributed by atoms with Gasteiger partial charge >= 0.3 is 5.97 Å². The minimum atomic E-state index is -0.740. The van der Waals surface area contributed by atoms with Gasteiger partial charge in [-0.25, -0.2) is 4.42 Å². The van der Waals surface area contributed by atoms with Gasteiger partial charge in [0, 0.05) is 13.1 Å². The summed E-state index contributed by atoms with van der Waals surface area (Å²) in [5.74, 6) is -0.844. The van der Waals surface area contributed by atoms with Crippen LogP contribution in [0.4, 0.5) is 0 Å². The number of carboxylic acid groups (broad SMARTS) is 1. The van der Waals surface area contributed by atoms with E-state index in [0.717, 1.165) is 0 Å². The highest BCUT2D eigenvalue weighted by Crippen LogP contribution is 2.23. The molecule has 3 nitrogen and oxygen atoms in total. The lowest BCUT2D eigenvalue weighted by molar-refractivity contribution is -0.142. The molecule has 1 N–H and O–H groups in total. The minimum Gasteiger partial charge on any atom is -0.481 e. The number of halogens is 1. The molecular weight excluding hydrogens is 154 g/mol. The second-order valence-corrected chi connectivity index (χ2v) is 3.23. The lowest BCUT2D eigenvalue weighted by Crippen LogP contribution is -2.19. The van der Waals surface area contributed by atoms with Crippen molar-refractivity contribution in [3.05, 3.63) is 0 Å². The fraction of sp³-hybridized carbons (Fsp3) is 0.833. The predicted molar refractivity (Wildman–Crippen MR) is 37.7 cm³/mol. The Kier molecular flexibility index (Phi) is 2.16. The van der Waals surface area contributed by atoms with Crippen LogP contribution in [-0.2, 0) is 4.79 Å². The minimum absolute atomic E-state index is 0.176. The average molecular weight is 164 g/mol. The molecule has 4 heteroatoms. The molecule has 1 aliphatic heterocycles. The zero-order chi connectivity index (χ0) is 7.72. The molecule has 58 valence electrons. The average Bonchev–Trinajstić information content (AvgIpc) is 2.10. The van der Waals surface area contributed by atoms with Crippen LogP contribution in [-0.4, -0.2) is 28.6 Å². The molecule has 10 heavy (non-hydrogen) atoms. The van der Waals surface area contributed by atoms with Gasteiger partial charge in [0.05, 0.1) is 5.92 Å². The summed E-state index contributed by atoms with van der Waals surface area (Å²) in [6.07, 6.45) is 0. The molecule has 1 heterocycles. The third kappa shape index (κ3) is 1.41. The molecule has 0 bridgehead atoms. The van der Waals surface area contributed by atoms with Gasteiger partial charge in [-0.05, 0) is 17.7 Å². The van der Waals surface area contributed by atoms with Crippen molar-refractivity contribution in [2.75, 3.05) is 13.1 Å². The fourth-order valence-corrected chi connectivity index (χ4v) is 1.60. The smallest absolute Gasteiger partial charge is 0.308 e. The highest BCUT2D eigenvalue weighted by Gasteiger charge is 2.33. The van der Waals surface area contributed by atoms with Crippen molar-refractivity contribution in [1.29, 1.82) is 0 Å². The van der Waals surface area contributed by atoms with E-state index in [4.69, 9.17) is 16.9 Å². The molecule has 0 spiro atoms. The van der Waals surface area contributed by atoms with E-state index in [0.29, 0.717) is 13.1 Å². The van der Waals surface area contributed by atoms with Crippen LogP contribution < -0.4 is 0 Å². The zero-order valence-corrected chi connectivity index (χ0v) is 6.51. The van der Waals surface area contributed by atoms with Gasteiger partial charge in [0.1, 0.15) is 0 Å². The molecule has 0 aromatic heterocycles. The molecule has 0 saturated carbocycles. The molecular formula is C6H10ClNO2. The van der Waals surface area contributed by atoms with E-state index in [1.54, 1.807) is 0 Å². The molecule has 0 aliphatic carbocycles. The Morgan fingerprint density at radius 2 is 2.30 bits per heavy atom. The van der Waals surface area contributed by atoms with Gasteiger partial charge in [-0.2, -0.15) is 0 Å². The van der Waals surface area contributed by atoms with Gasteiger partial charge in [0.2, 0.25) is 0 Å². The highest BCUT2D eigenvalue weighted by atomic mass is 35.5. The second kappa shape index (κ2) is 2.76. The quantitative estimate of drug-likeness (QED) is 0.582. The first-order valence-corrected chi connectivity index (χ1v) is 3.58. The van der Waals surface area contributed by atoms with E-state index in [2.05, 4.69) is 0 Å². The Morgan fingerprint density at radius 1 is 1.70 bits per heavy atom. The number of carbonyl (C=O) groups is 1. The molecule has 0 aromatic carbocycles. The van der Waals surface area contributed by atoms with Crippen LogP contribution >= 0.6 is 11.8 Å². The summed E-state index contributed by atoms with van der Waals surface area (Å²) in [6, 6.07) is 0. The monoisotopic (exact) mass is 163 g/mol. The highest BCUT2D eigenvalue weighted by molar-refractivity contribution is 6.13. The van der Waals surface area contributed by atoms with Gasteiger partial charge in [0.25, 0.3) is 0 Å². The SMILES string of the molecule is C[C@@H]1CN(Cl)C[C@@H]1C(=O)O. The summed E-state index contributed by atoms with van der Waals surface area (Å²) in [6.45, 7) is 3.05. The Morgan fingerprint density at radius 3 is 2.50 bits per heavy atom. The third-order valence-corrected chi connectivity index (χ3v) is 2.16. The van der Waals surface area contributed by atoms with Crippen LogP contribution in [0.3, 0.4) is 0 Å². The summed E-state index contributed by atoms with van der Waals surface area (Å²) >= 11 is 5.62. The largest absolute Gasteiger partial charge is 0.481 e. The maximum atomic E-state index is 10.5. The Bertz CT molecular complexity index is 151. The molecule has 0 unspecified atom stereocenters. The van der Waals surface area contributed by atoms with Crippen LogP contribution in [0.1, 0.15) is 6.92 Å². The molecule has 0 aromatic rings. The molecule has 2 atom stereocenters. The van der Waals surface area contributed by atoms with Crippen molar-refractivity contribution in [2.45, 2.75) is 6.92 Å². The molecule has 1 saturated heterocycles. The Hall–Kier alpha value is -0.280. The summed E-state index contributed by atoms with van der Waals surface area (Å²) in [5.41, 5.74) is 0. The van der Waals surface area contributed by atoms with E-state index in [-0.39, 0.29) is 11.8 Å². The lowest BCUT2D eigenvalue weighted by atomic mass is 9.99. The first-order chi connectivity index (χ1) is 4.61. The number of nitrogens with zero attached hydrogens (tertiary/aromatic N) is 1. The first-order valence-electron chi connectivity index (χ1n) is 3.25. The van der Waals surface area contributed by atoms with Gasteiger partial charge < -0.3 is 5.11 Å². The second-order valence-electron chi connectivity index (χ2n) is 2.75. The van der Waals surface area contributed by atoms with Crippen LogP contribution in [0, 0.1) is 11.8 Å². The van der Waals surface area contributed by atoms with Gasteiger partial charge in [0.15, 0.2) is 0 Å². The van der Waals surface area contributed by atoms with E-state index in [1.807, 2.05) is 6.92 Å². The molecule has 1 fully saturated rings. The topological polar surface area (TPSA) is 40.5 Å². The van der Waals surface area contributed by atoms with Crippen LogP contribution in [0.2, 0.25) is 0 Å². The van der Waals surface area contributed by atoms with Gasteiger partial charge in [-0.1, -0.05) is 6.92 Å². The molecule has 1 aliphatic rings. The third-order valence-electron chi connectivity index (χ3n) is 1.88. The number of carboxylic acids is 1. The first kappa shape index (κ1) is 7.82. The standard InChI is InChI=1S/C6H10ClNO2/c1-4-2-8(7)3-5(4)6(9)10/h4-5H,2-3H2,1H3,(H,9,10)/t4-,5+/m1/s1. The Balaban J connectivity index is 2.54. The molecule has 0 radical (unpaired) electrons. The van der Waals surface area contributed by atoms with Crippen molar-refractivity contribution in [3.8, 4) is 0 Å². The summed E-state index contributed by atoms with van der Waals surface area (Å²) in [5, 5.41) is 8.62. The van der Waals surface area contributed by atoms with E-state index < -0.39 is 5.97 Å². The number of hydrogen-bond donors (Lipinski definition) is 1. The van der Waals surface area contributed by atoms with Crippen LogP contribution in [0.5, 0.6) is 0 Å². The maximum absolute atomic E-state index is 10.5. The summed E-state index contributed by atoms with van der Waals surface area (Å²) in [7, 11) is 0. The summed E-state index contributed by atoms with van der Waals surface area (Å²) < 4.78 is 1.53. The zero-order valence-electron chi connectivity index (χ0n) is 5.75. The van der Waals surface area contributed by atoms with E-state index in [1.165, 1.54) is 4.42 Å². The number of hydrogen-bond acceptors (Lipinski definition) is 2. The molecule has 1 rings (SSSR count). The van der Waals surface area contributed by atoms with Crippen LogP contribution in [0.25, 0.3) is 0 Å². The predicted octanol–water partition coefficient (Wildman–Crippen LogP) is 0.793. The van der Waals surface area contributed by atoms with Gasteiger partial charge in [-0.15, -0.1) is 0 Å². The summed E-state index contributed by atoms with van der Waals surface area (Å²) in [4.78, 5) is 10.5. The van der Waals surface area contributed by atoms with Crippen molar-refractivity contribution in [3.63, 3.8) is 0 Å².